The van der Waals surface area contributed by atoms with E-state index in [0.29, 0.717) is 0 Å². The average Bonchev–Trinajstić information content (AvgIpc) is 2.06. The van der Waals surface area contributed by atoms with Gasteiger partial charge in [0.1, 0.15) is 0 Å². The molecule has 3 nitrogen and oxygen atoms in total. The van der Waals surface area contributed by atoms with Gasteiger partial charge in [-0.1, -0.05) is 0 Å². The molecular formula is C9H21ClN2O. The van der Waals surface area contributed by atoms with E-state index in [1.165, 1.54) is 25.9 Å². The molecule has 13 heavy (non-hydrogen) atoms. The van der Waals surface area contributed by atoms with Gasteiger partial charge >= 0.3 is 0 Å². The number of methoxy groups -OCH3 is 1. The molecule has 1 saturated heterocycles. The topological polar surface area (TPSA) is 38.5 Å². The Kier molecular flexibility index (Phi) is 7.66. The van der Waals surface area contributed by atoms with E-state index in [2.05, 4.69) is 4.90 Å². The van der Waals surface area contributed by atoms with E-state index >= 15 is 0 Å². The van der Waals surface area contributed by atoms with Gasteiger partial charge in [-0.2, -0.15) is 0 Å². The minimum Gasteiger partial charge on any atom is -0.384 e. The van der Waals surface area contributed by atoms with Crippen LogP contribution in [0, 0.1) is 5.92 Å². The molecule has 0 aromatic rings. The first kappa shape index (κ1) is 13.2. The number of piperidine rings is 1. The van der Waals surface area contributed by atoms with Gasteiger partial charge in [-0.15, -0.1) is 12.4 Å². The molecule has 0 aromatic carbocycles. The van der Waals surface area contributed by atoms with Crippen molar-refractivity contribution in [3.05, 3.63) is 0 Å². The summed E-state index contributed by atoms with van der Waals surface area (Å²) in [7, 11) is 1.78. The minimum atomic E-state index is 0. The third-order valence-corrected chi connectivity index (χ3v) is 2.45. The van der Waals surface area contributed by atoms with E-state index in [9.17, 15) is 0 Å². The molecule has 1 heterocycles. The molecule has 0 aliphatic carbocycles. The van der Waals surface area contributed by atoms with Crippen LogP contribution in [0.25, 0.3) is 0 Å². The van der Waals surface area contributed by atoms with Crippen LogP contribution in [0.5, 0.6) is 0 Å². The number of rotatable bonds is 4. The standard InChI is InChI=1S/C9H20N2O.ClH/c1-12-8-9-3-2-5-11(7-9)6-4-10;/h9H,2-8,10H2,1H3;1H. The van der Waals surface area contributed by atoms with Crippen LogP contribution in [-0.2, 0) is 4.74 Å². The summed E-state index contributed by atoms with van der Waals surface area (Å²) in [6.45, 7) is 5.11. The predicted molar refractivity (Wildman–Crippen MR) is 57.3 cm³/mol. The molecule has 0 spiro atoms. The molecule has 0 saturated carbocycles. The molecule has 0 radical (unpaired) electrons. The van der Waals surface area contributed by atoms with E-state index in [-0.39, 0.29) is 12.4 Å². The summed E-state index contributed by atoms with van der Waals surface area (Å²) >= 11 is 0. The number of nitrogens with zero attached hydrogens (tertiary/aromatic N) is 1. The maximum atomic E-state index is 5.51. The Bertz CT molecular complexity index is 108. The first-order chi connectivity index (χ1) is 5.86. The van der Waals surface area contributed by atoms with Gasteiger partial charge in [0, 0.05) is 26.7 Å². The second-order valence-corrected chi connectivity index (χ2v) is 3.55. The number of likely N-dealkylation sites (tertiary alicyclic amines) is 1. The molecule has 80 valence electrons. The summed E-state index contributed by atoms with van der Waals surface area (Å²) in [6.07, 6.45) is 2.61. The molecular weight excluding hydrogens is 188 g/mol. The summed E-state index contributed by atoms with van der Waals surface area (Å²) in [6, 6.07) is 0. The van der Waals surface area contributed by atoms with Gasteiger partial charge in [-0.3, -0.25) is 0 Å². The Balaban J connectivity index is 0.00000144. The zero-order valence-electron chi connectivity index (χ0n) is 8.37. The largest absolute Gasteiger partial charge is 0.384 e. The molecule has 1 aliphatic rings. The zero-order chi connectivity index (χ0) is 8.81. The van der Waals surface area contributed by atoms with Crippen LogP contribution in [0.2, 0.25) is 0 Å². The first-order valence-corrected chi connectivity index (χ1v) is 4.78. The molecule has 1 atom stereocenters. The normalized spacial score (nSPS) is 24.0. The third-order valence-electron chi connectivity index (χ3n) is 2.45. The Hall–Kier alpha value is 0.170. The molecule has 0 bridgehead atoms. The van der Waals surface area contributed by atoms with Gasteiger partial charge < -0.3 is 15.4 Å². The van der Waals surface area contributed by atoms with Gasteiger partial charge in [-0.25, -0.2) is 0 Å². The average molecular weight is 209 g/mol. The summed E-state index contributed by atoms with van der Waals surface area (Å²) in [5.41, 5.74) is 5.51. The number of nitrogens with two attached hydrogens (primary N) is 1. The molecule has 4 heteroatoms. The van der Waals surface area contributed by atoms with E-state index in [1.807, 2.05) is 0 Å². The lowest BCUT2D eigenvalue weighted by molar-refractivity contribution is 0.0921. The molecule has 0 amide bonds. The Morgan fingerprint density at radius 3 is 2.92 bits per heavy atom. The second-order valence-electron chi connectivity index (χ2n) is 3.55. The van der Waals surface area contributed by atoms with Crippen molar-refractivity contribution in [3.63, 3.8) is 0 Å². The van der Waals surface area contributed by atoms with E-state index < -0.39 is 0 Å². The van der Waals surface area contributed by atoms with Crippen molar-refractivity contribution < 1.29 is 4.74 Å². The molecule has 1 unspecified atom stereocenters. The van der Waals surface area contributed by atoms with Crippen LogP contribution >= 0.6 is 12.4 Å². The zero-order valence-corrected chi connectivity index (χ0v) is 9.18. The lowest BCUT2D eigenvalue weighted by Crippen LogP contribution is -2.39. The fraction of sp³-hybridized carbons (Fsp3) is 1.00. The molecule has 2 N–H and O–H groups in total. The number of ether oxygens (including phenoxy) is 1. The number of halogens is 1. The lowest BCUT2D eigenvalue weighted by atomic mass is 9.99. The van der Waals surface area contributed by atoms with Crippen LogP contribution in [-0.4, -0.2) is 44.8 Å². The first-order valence-electron chi connectivity index (χ1n) is 4.78. The maximum Gasteiger partial charge on any atom is 0.0502 e. The second kappa shape index (κ2) is 7.56. The van der Waals surface area contributed by atoms with Crippen LogP contribution in [0.1, 0.15) is 12.8 Å². The molecule has 0 aromatic heterocycles. The smallest absolute Gasteiger partial charge is 0.0502 e. The van der Waals surface area contributed by atoms with Crippen molar-refractivity contribution in [2.75, 3.05) is 39.9 Å². The summed E-state index contributed by atoms with van der Waals surface area (Å²) in [5.74, 6) is 0.732. The Labute approximate surface area is 87.0 Å². The van der Waals surface area contributed by atoms with Crippen molar-refractivity contribution in [1.82, 2.24) is 4.90 Å². The fourth-order valence-electron chi connectivity index (χ4n) is 1.91. The highest BCUT2D eigenvalue weighted by Crippen LogP contribution is 2.15. The minimum absolute atomic E-state index is 0. The van der Waals surface area contributed by atoms with Gasteiger partial charge in [0.15, 0.2) is 0 Å². The van der Waals surface area contributed by atoms with Crippen molar-refractivity contribution >= 4 is 12.4 Å². The number of hydrogen-bond donors (Lipinski definition) is 1. The highest BCUT2D eigenvalue weighted by molar-refractivity contribution is 5.85. The van der Waals surface area contributed by atoms with Gasteiger partial charge in [0.2, 0.25) is 0 Å². The lowest BCUT2D eigenvalue weighted by Gasteiger charge is -2.31. The van der Waals surface area contributed by atoms with Crippen molar-refractivity contribution in [1.29, 1.82) is 0 Å². The summed E-state index contributed by atoms with van der Waals surface area (Å²) in [4.78, 5) is 2.44. The van der Waals surface area contributed by atoms with E-state index in [4.69, 9.17) is 10.5 Å². The Morgan fingerprint density at radius 1 is 1.54 bits per heavy atom. The summed E-state index contributed by atoms with van der Waals surface area (Å²) < 4.78 is 5.15. The summed E-state index contributed by atoms with van der Waals surface area (Å²) in [5, 5.41) is 0. The SMILES string of the molecule is COCC1CCCN(CCN)C1.Cl. The van der Waals surface area contributed by atoms with Crippen LogP contribution in [0.15, 0.2) is 0 Å². The van der Waals surface area contributed by atoms with Crippen molar-refractivity contribution in [2.24, 2.45) is 11.7 Å². The molecule has 1 aliphatic heterocycles. The van der Waals surface area contributed by atoms with Gasteiger partial charge in [0.25, 0.3) is 0 Å². The highest BCUT2D eigenvalue weighted by atomic mass is 35.5. The highest BCUT2D eigenvalue weighted by Gasteiger charge is 2.18. The maximum absolute atomic E-state index is 5.51. The third kappa shape index (κ3) is 4.81. The fourth-order valence-corrected chi connectivity index (χ4v) is 1.91. The van der Waals surface area contributed by atoms with Crippen LogP contribution in [0.3, 0.4) is 0 Å². The van der Waals surface area contributed by atoms with Gasteiger partial charge in [-0.05, 0) is 25.3 Å². The van der Waals surface area contributed by atoms with E-state index in [1.54, 1.807) is 7.11 Å². The van der Waals surface area contributed by atoms with Gasteiger partial charge in [0.05, 0.1) is 6.61 Å². The predicted octanol–water partition coefficient (Wildman–Crippen LogP) is 0.725. The van der Waals surface area contributed by atoms with Crippen LogP contribution < -0.4 is 5.73 Å². The monoisotopic (exact) mass is 208 g/mol. The molecule has 1 fully saturated rings. The van der Waals surface area contributed by atoms with Crippen molar-refractivity contribution in [2.45, 2.75) is 12.8 Å². The van der Waals surface area contributed by atoms with E-state index in [0.717, 1.165) is 25.6 Å². The quantitative estimate of drug-likeness (QED) is 0.740. The Morgan fingerprint density at radius 2 is 2.31 bits per heavy atom. The van der Waals surface area contributed by atoms with Crippen LogP contribution in [0.4, 0.5) is 0 Å². The van der Waals surface area contributed by atoms with Crippen molar-refractivity contribution in [3.8, 4) is 0 Å². The molecule has 1 rings (SSSR count). The number of hydrogen-bond acceptors (Lipinski definition) is 3.